The van der Waals surface area contributed by atoms with Crippen molar-refractivity contribution in [2.75, 3.05) is 13.1 Å². The molecule has 0 radical (unpaired) electrons. The van der Waals surface area contributed by atoms with Gasteiger partial charge in [-0.25, -0.2) is 12.8 Å². The summed E-state index contributed by atoms with van der Waals surface area (Å²) in [6.45, 7) is 0.497. The van der Waals surface area contributed by atoms with Gasteiger partial charge in [-0.05, 0) is 43.5 Å². The number of benzene rings is 1. The summed E-state index contributed by atoms with van der Waals surface area (Å²) in [4.78, 5) is -0.177. The molecule has 1 N–H and O–H groups in total. The third-order valence-corrected chi connectivity index (χ3v) is 5.74. The van der Waals surface area contributed by atoms with Crippen LogP contribution in [0.4, 0.5) is 17.6 Å². The van der Waals surface area contributed by atoms with E-state index in [1.54, 1.807) is 0 Å². The highest BCUT2D eigenvalue weighted by Crippen LogP contribution is 2.39. The molecule has 1 aromatic rings. The molecule has 0 aliphatic carbocycles. The molecule has 1 fully saturated rings. The van der Waals surface area contributed by atoms with Gasteiger partial charge >= 0.3 is 6.18 Å². The molecule has 2 rings (SSSR count). The van der Waals surface area contributed by atoms with Crippen LogP contribution in [0.5, 0.6) is 0 Å². The Bertz CT molecular complexity index is 664. The molecule has 0 aromatic heterocycles. The predicted octanol–water partition coefficient (Wildman–Crippen LogP) is 2.21. The summed E-state index contributed by atoms with van der Waals surface area (Å²) in [6.07, 6.45) is -6.25. The van der Waals surface area contributed by atoms with Crippen LogP contribution >= 0.6 is 0 Å². The highest BCUT2D eigenvalue weighted by molar-refractivity contribution is 7.89. The minimum atomic E-state index is -4.80. The van der Waals surface area contributed by atoms with Crippen molar-refractivity contribution in [3.05, 3.63) is 29.6 Å². The average Bonchev–Trinajstić information content (AvgIpc) is 2.41. The Morgan fingerprint density at radius 3 is 2.23 bits per heavy atom. The van der Waals surface area contributed by atoms with Gasteiger partial charge < -0.3 is 5.11 Å². The Morgan fingerprint density at radius 1 is 1.23 bits per heavy atom. The molecular weight excluding hydrogens is 326 g/mol. The first-order valence-electron chi connectivity index (χ1n) is 6.53. The molecular formula is C13H15F4NO3S. The van der Waals surface area contributed by atoms with Gasteiger partial charge in [0.25, 0.3) is 0 Å². The molecule has 1 heterocycles. The Morgan fingerprint density at radius 2 is 1.77 bits per heavy atom. The quantitative estimate of drug-likeness (QED) is 0.839. The molecule has 4 nitrogen and oxygen atoms in total. The van der Waals surface area contributed by atoms with E-state index in [-0.39, 0.29) is 10.5 Å². The van der Waals surface area contributed by atoms with E-state index in [0.717, 1.165) is 22.5 Å². The second-order valence-electron chi connectivity index (χ2n) is 5.34. The van der Waals surface area contributed by atoms with Crippen molar-refractivity contribution in [1.29, 1.82) is 0 Å². The fourth-order valence-corrected chi connectivity index (χ4v) is 3.83. The molecule has 0 amide bonds. The fraction of sp³-hybridized carbons (Fsp3) is 0.538. The van der Waals surface area contributed by atoms with E-state index in [0.29, 0.717) is 0 Å². The lowest BCUT2D eigenvalue weighted by Gasteiger charge is -2.38. The summed E-state index contributed by atoms with van der Waals surface area (Å²) in [5.41, 5.74) is -2.73. The van der Waals surface area contributed by atoms with Crippen molar-refractivity contribution in [3.8, 4) is 0 Å². The molecule has 1 saturated heterocycles. The van der Waals surface area contributed by atoms with E-state index in [1.807, 2.05) is 0 Å². The summed E-state index contributed by atoms with van der Waals surface area (Å²) in [6, 6.07) is 3.20. The van der Waals surface area contributed by atoms with Crippen molar-refractivity contribution >= 4 is 10.0 Å². The van der Waals surface area contributed by atoms with Crippen molar-refractivity contribution in [3.63, 3.8) is 0 Å². The van der Waals surface area contributed by atoms with Gasteiger partial charge in [-0.3, -0.25) is 0 Å². The zero-order chi connectivity index (χ0) is 16.8. The SMILES string of the molecule is Cc1cc(S(=O)(=O)N2CCC(O)(C(F)(F)F)CC2)ccc1F. The number of halogens is 4. The monoisotopic (exact) mass is 341 g/mol. The number of alkyl halides is 3. The van der Waals surface area contributed by atoms with E-state index >= 15 is 0 Å². The van der Waals surface area contributed by atoms with Gasteiger partial charge in [0.15, 0.2) is 5.60 Å². The van der Waals surface area contributed by atoms with Gasteiger partial charge in [-0.2, -0.15) is 17.5 Å². The Hall–Kier alpha value is -1.19. The van der Waals surface area contributed by atoms with Gasteiger partial charge in [0.05, 0.1) is 4.90 Å². The number of piperidine rings is 1. The summed E-state index contributed by atoms with van der Waals surface area (Å²) in [5, 5.41) is 9.55. The molecule has 9 heteroatoms. The molecule has 124 valence electrons. The van der Waals surface area contributed by atoms with E-state index in [1.165, 1.54) is 6.92 Å². The third-order valence-electron chi connectivity index (χ3n) is 3.84. The van der Waals surface area contributed by atoms with Crippen molar-refractivity contribution in [2.45, 2.75) is 36.4 Å². The molecule has 1 aliphatic rings. The highest BCUT2D eigenvalue weighted by Gasteiger charge is 2.55. The van der Waals surface area contributed by atoms with Crippen LogP contribution in [0, 0.1) is 12.7 Å². The van der Waals surface area contributed by atoms with Gasteiger partial charge in [0, 0.05) is 13.1 Å². The van der Waals surface area contributed by atoms with Crippen LogP contribution in [0.15, 0.2) is 23.1 Å². The van der Waals surface area contributed by atoms with Crippen LogP contribution in [0.25, 0.3) is 0 Å². The molecule has 1 aliphatic heterocycles. The van der Waals surface area contributed by atoms with Gasteiger partial charge in [-0.1, -0.05) is 0 Å². The summed E-state index contributed by atoms with van der Waals surface area (Å²) < 4.78 is 76.9. The lowest BCUT2D eigenvalue weighted by atomic mass is 9.92. The fourth-order valence-electron chi connectivity index (χ4n) is 2.31. The second-order valence-corrected chi connectivity index (χ2v) is 7.28. The van der Waals surface area contributed by atoms with Crippen LogP contribution in [-0.4, -0.2) is 42.7 Å². The molecule has 0 saturated carbocycles. The topological polar surface area (TPSA) is 57.6 Å². The number of aliphatic hydroxyl groups is 1. The molecule has 0 atom stereocenters. The van der Waals surface area contributed by atoms with E-state index in [9.17, 15) is 31.1 Å². The third kappa shape index (κ3) is 2.97. The number of nitrogens with zero attached hydrogens (tertiary/aromatic N) is 1. The maximum atomic E-state index is 13.2. The zero-order valence-electron chi connectivity index (χ0n) is 11.7. The first-order valence-corrected chi connectivity index (χ1v) is 7.97. The lowest BCUT2D eigenvalue weighted by molar-refractivity contribution is -0.270. The van der Waals surface area contributed by atoms with E-state index in [2.05, 4.69) is 0 Å². The molecule has 0 bridgehead atoms. The van der Waals surface area contributed by atoms with Crippen LogP contribution in [0.1, 0.15) is 18.4 Å². The lowest BCUT2D eigenvalue weighted by Crippen LogP contribution is -2.54. The normalized spacial score (nSPS) is 20.1. The first kappa shape index (κ1) is 17.2. The van der Waals surface area contributed by atoms with Gasteiger partial charge in [0.1, 0.15) is 5.82 Å². The maximum Gasteiger partial charge on any atom is 0.417 e. The molecule has 1 aromatic carbocycles. The summed E-state index contributed by atoms with van der Waals surface area (Å²) >= 11 is 0. The number of hydrogen-bond acceptors (Lipinski definition) is 3. The average molecular weight is 341 g/mol. The van der Waals surface area contributed by atoms with E-state index < -0.39 is 53.5 Å². The smallest absolute Gasteiger partial charge is 0.380 e. The minimum absolute atomic E-state index is 0.130. The largest absolute Gasteiger partial charge is 0.417 e. The van der Waals surface area contributed by atoms with Crippen molar-refractivity contribution in [1.82, 2.24) is 4.31 Å². The number of sulfonamides is 1. The van der Waals surface area contributed by atoms with Crippen molar-refractivity contribution in [2.24, 2.45) is 0 Å². The van der Waals surface area contributed by atoms with Crippen LogP contribution < -0.4 is 0 Å². The Kier molecular flexibility index (Phi) is 4.27. The van der Waals surface area contributed by atoms with Crippen molar-refractivity contribution < 1.29 is 31.1 Å². The number of aryl methyl sites for hydroxylation is 1. The van der Waals surface area contributed by atoms with E-state index in [4.69, 9.17) is 0 Å². The van der Waals surface area contributed by atoms with Gasteiger partial charge in [-0.15, -0.1) is 0 Å². The van der Waals surface area contributed by atoms with Crippen LogP contribution in [0.3, 0.4) is 0 Å². The standard InChI is InChI=1S/C13H15F4NO3S/c1-9-8-10(2-3-11(9)14)22(20,21)18-6-4-12(19,5-7-18)13(15,16)17/h2-3,8,19H,4-7H2,1H3. The predicted molar refractivity (Wildman–Crippen MR) is 70.1 cm³/mol. The number of hydrogen-bond donors (Lipinski definition) is 1. The van der Waals surface area contributed by atoms with Gasteiger partial charge in [0.2, 0.25) is 10.0 Å². The minimum Gasteiger partial charge on any atom is -0.380 e. The highest BCUT2D eigenvalue weighted by atomic mass is 32.2. The zero-order valence-corrected chi connectivity index (χ0v) is 12.5. The maximum absolute atomic E-state index is 13.2. The molecule has 0 spiro atoms. The number of rotatable bonds is 2. The Labute approximate surface area is 125 Å². The first-order chi connectivity index (χ1) is 9.97. The molecule has 0 unspecified atom stereocenters. The van der Waals surface area contributed by atoms with Crippen LogP contribution in [-0.2, 0) is 10.0 Å². The Balaban J connectivity index is 2.21. The summed E-state index contributed by atoms with van der Waals surface area (Å²) in [7, 11) is -4.01. The summed E-state index contributed by atoms with van der Waals surface area (Å²) in [5.74, 6) is -0.566. The second kappa shape index (κ2) is 5.47. The molecule has 22 heavy (non-hydrogen) atoms. The van der Waals surface area contributed by atoms with Crippen LogP contribution in [0.2, 0.25) is 0 Å².